The molecule has 8 heteroatoms. The number of hydrogen-bond donors (Lipinski definition) is 2. The minimum absolute atomic E-state index is 0.203. The topological polar surface area (TPSA) is 78.6 Å². The van der Waals surface area contributed by atoms with E-state index in [0.717, 1.165) is 16.9 Å². The van der Waals surface area contributed by atoms with Crippen LogP contribution in [0.1, 0.15) is 39.5 Å². The van der Waals surface area contributed by atoms with Crippen LogP contribution in [0.2, 0.25) is 0 Å². The average Bonchev–Trinajstić information content (AvgIpc) is 3.46. The maximum atomic E-state index is 14.0. The van der Waals surface area contributed by atoms with Crippen molar-refractivity contribution in [1.29, 1.82) is 0 Å². The number of carbonyl (C=O) groups is 1. The summed E-state index contributed by atoms with van der Waals surface area (Å²) >= 11 is 5.69. The van der Waals surface area contributed by atoms with Crippen LogP contribution in [0.4, 0.5) is 10.1 Å². The van der Waals surface area contributed by atoms with Gasteiger partial charge in [-0.3, -0.25) is 4.98 Å². The molecule has 1 fully saturated rings. The predicted octanol–water partition coefficient (Wildman–Crippen LogP) is 5.66. The van der Waals surface area contributed by atoms with Crippen molar-refractivity contribution in [2.24, 2.45) is 0 Å². The largest absolute Gasteiger partial charge is 0.478 e. The maximum absolute atomic E-state index is 14.0. The number of carboxylic acid groups (broad SMARTS) is 1. The van der Waals surface area contributed by atoms with Gasteiger partial charge >= 0.3 is 5.97 Å². The first-order valence-electron chi connectivity index (χ1n) is 10.6. The molecule has 0 aliphatic carbocycles. The Morgan fingerprint density at radius 1 is 1.12 bits per heavy atom. The Hall–Kier alpha value is -4.04. The SMILES string of the molecule is Cc1cc(N2C(=S)NC(c3ccccn3)C2c2ccc(-c3ccc(C(=O)O)cc3)o2)ccc1F. The second-order valence-corrected chi connectivity index (χ2v) is 8.40. The molecule has 2 unspecified atom stereocenters. The molecule has 4 aromatic rings. The third-order valence-electron chi connectivity index (χ3n) is 5.85. The van der Waals surface area contributed by atoms with Crippen molar-refractivity contribution in [3.05, 3.63) is 107 Å². The molecule has 1 aliphatic heterocycles. The van der Waals surface area contributed by atoms with Gasteiger partial charge in [-0.2, -0.15) is 0 Å². The molecule has 3 heterocycles. The molecule has 34 heavy (non-hydrogen) atoms. The lowest BCUT2D eigenvalue weighted by Crippen LogP contribution is -2.29. The molecule has 0 saturated carbocycles. The number of nitrogens with zero attached hydrogens (tertiary/aromatic N) is 2. The van der Waals surface area contributed by atoms with Gasteiger partial charge in [0.25, 0.3) is 0 Å². The summed E-state index contributed by atoms with van der Waals surface area (Å²) in [7, 11) is 0. The summed E-state index contributed by atoms with van der Waals surface area (Å²) in [5.41, 5.74) is 3.00. The fourth-order valence-corrected chi connectivity index (χ4v) is 4.49. The summed E-state index contributed by atoms with van der Waals surface area (Å²) in [6, 6.07) is 20.1. The second kappa shape index (κ2) is 8.72. The van der Waals surface area contributed by atoms with E-state index in [-0.39, 0.29) is 23.5 Å². The molecule has 0 amide bonds. The molecule has 0 radical (unpaired) electrons. The number of furan rings is 1. The van der Waals surface area contributed by atoms with Crippen molar-refractivity contribution in [2.75, 3.05) is 4.90 Å². The van der Waals surface area contributed by atoms with E-state index in [1.807, 2.05) is 35.2 Å². The summed E-state index contributed by atoms with van der Waals surface area (Å²) in [6.07, 6.45) is 1.72. The number of thiocarbonyl (C=S) groups is 1. The van der Waals surface area contributed by atoms with E-state index in [2.05, 4.69) is 10.3 Å². The Balaban J connectivity index is 1.57. The normalized spacial score (nSPS) is 17.6. The van der Waals surface area contributed by atoms with E-state index in [1.54, 1.807) is 37.4 Å². The Morgan fingerprint density at radius 2 is 1.91 bits per heavy atom. The fourth-order valence-electron chi connectivity index (χ4n) is 4.14. The van der Waals surface area contributed by atoms with Crippen molar-refractivity contribution >= 4 is 29.0 Å². The van der Waals surface area contributed by atoms with E-state index in [1.165, 1.54) is 18.2 Å². The first-order chi connectivity index (χ1) is 16.4. The zero-order chi connectivity index (χ0) is 23.8. The van der Waals surface area contributed by atoms with Gasteiger partial charge in [0, 0.05) is 17.4 Å². The summed E-state index contributed by atoms with van der Waals surface area (Å²) in [5, 5.41) is 13.0. The lowest BCUT2D eigenvalue weighted by Gasteiger charge is -2.26. The molecule has 0 spiro atoms. The van der Waals surface area contributed by atoms with E-state index in [0.29, 0.717) is 22.2 Å². The quantitative estimate of drug-likeness (QED) is 0.362. The standard InChI is InChI=1S/C26H20FN3O3S/c1-15-14-18(9-10-19(15)27)30-24(23(29-26(30)34)20-4-2-3-13-28-20)22-12-11-21(33-22)16-5-7-17(8-6-16)25(31)32/h2-14,23-24H,1H3,(H,29,34)(H,31,32). The lowest BCUT2D eigenvalue weighted by atomic mass is 10.0. The van der Waals surface area contributed by atoms with Crippen molar-refractivity contribution in [1.82, 2.24) is 10.3 Å². The third-order valence-corrected chi connectivity index (χ3v) is 6.17. The van der Waals surface area contributed by atoms with E-state index in [9.17, 15) is 9.18 Å². The summed E-state index contributed by atoms with van der Waals surface area (Å²) in [6.45, 7) is 1.71. The highest BCUT2D eigenvalue weighted by atomic mass is 32.1. The Bertz CT molecular complexity index is 1370. The molecule has 5 rings (SSSR count). The molecule has 1 saturated heterocycles. The van der Waals surface area contributed by atoms with Crippen LogP contribution in [-0.2, 0) is 0 Å². The smallest absolute Gasteiger partial charge is 0.335 e. The molecule has 0 bridgehead atoms. The number of halogens is 1. The Kier molecular flexibility index (Phi) is 5.59. The lowest BCUT2D eigenvalue weighted by molar-refractivity contribution is 0.0697. The van der Waals surface area contributed by atoms with Gasteiger partial charge in [0.15, 0.2) is 5.11 Å². The van der Waals surface area contributed by atoms with Gasteiger partial charge in [-0.15, -0.1) is 0 Å². The van der Waals surface area contributed by atoms with E-state index >= 15 is 0 Å². The predicted molar refractivity (Wildman–Crippen MR) is 130 cm³/mol. The third kappa shape index (κ3) is 3.92. The number of carboxylic acids is 1. The molecular weight excluding hydrogens is 453 g/mol. The molecular formula is C26H20FN3O3S. The minimum atomic E-state index is -0.985. The van der Waals surface area contributed by atoms with Crippen LogP contribution in [0.15, 0.2) is 83.4 Å². The Labute approximate surface area is 200 Å². The van der Waals surface area contributed by atoms with Crippen molar-refractivity contribution in [3.8, 4) is 11.3 Å². The number of hydrogen-bond acceptors (Lipinski definition) is 4. The minimum Gasteiger partial charge on any atom is -0.478 e. The van der Waals surface area contributed by atoms with Gasteiger partial charge < -0.3 is 19.7 Å². The first-order valence-corrected chi connectivity index (χ1v) is 11.0. The molecule has 2 atom stereocenters. The molecule has 6 nitrogen and oxygen atoms in total. The van der Waals surface area contributed by atoms with Gasteiger partial charge in [-0.1, -0.05) is 18.2 Å². The fraction of sp³-hybridized carbons (Fsp3) is 0.115. The van der Waals surface area contributed by atoms with Gasteiger partial charge in [-0.05, 0) is 79.3 Å². The van der Waals surface area contributed by atoms with Crippen LogP contribution in [0.25, 0.3) is 11.3 Å². The van der Waals surface area contributed by atoms with Crippen molar-refractivity contribution < 1.29 is 18.7 Å². The van der Waals surface area contributed by atoms with Crippen LogP contribution >= 0.6 is 12.2 Å². The zero-order valence-electron chi connectivity index (χ0n) is 18.1. The molecule has 2 aromatic heterocycles. The number of aromatic nitrogens is 1. The highest BCUT2D eigenvalue weighted by Gasteiger charge is 2.42. The summed E-state index contributed by atoms with van der Waals surface area (Å²) < 4.78 is 20.3. The van der Waals surface area contributed by atoms with Crippen LogP contribution in [-0.4, -0.2) is 21.2 Å². The molecule has 1 aliphatic rings. The van der Waals surface area contributed by atoms with Crippen LogP contribution in [0, 0.1) is 12.7 Å². The van der Waals surface area contributed by atoms with Crippen LogP contribution in [0.3, 0.4) is 0 Å². The number of rotatable bonds is 5. The molecule has 2 N–H and O–H groups in total. The van der Waals surface area contributed by atoms with Gasteiger partial charge in [0.1, 0.15) is 23.4 Å². The number of pyridine rings is 1. The summed E-state index contributed by atoms with van der Waals surface area (Å²) in [5.74, 6) is -0.0348. The van der Waals surface area contributed by atoms with Gasteiger partial charge in [-0.25, -0.2) is 9.18 Å². The van der Waals surface area contributed by atoms with Gasteiger partial charge in [0.05, 0.1) is 17.3 Å². The Morgan fingerprint density at radius 3 is 2.59 bits per heavy atom. The number of nitrogens with one attached hydrogen (secondary N) is 1. The number of benzene rings is 2. The van der Waals surface area contributed by atoms with E-state index in [4.69, 9.17) is 21.7 Å². The number of anilines is 1. The molecule has 2 aromatic carbocycles. The van der Waals surface area contributed by atoms with Crippen LogP contribution in [0.5, 0.6) is 0 Å². The first kappa shape index (κ1) is 21.8. The highest BCUT2D eigenvalue weighted by Crippen LogP contribution is 2.43. The van der Waals surface area contributed by atoms with Crippen molar-refractivity contribution in [3.63, 3.8) is 0 Å². The monoisotopic (exact) mass is 473 g/mol. The zero-order valence-corrected chi connectivity index (χ0v) is 18.9. The van der Waals surface area contributed by atoms with E-state index < -0.39 is 5.97 Å². The number of aromatic carboxylic acids is 1. The second-order valence-electron chi connectivity index (χ2n) is 8.01. The van der Waals surface area contributed by atoms with Gasteiger partial charge in [0.2, 0.25) is 0 Å². The van der Waals surface area contributed by atoms with Crippen molar-refractivity contribution in [2.45, 2.75) is 19.0 Å². The average molecular weight is 474 g/mol. The van der Waals surface area contributed by atoms with Crippen LogP contribution < -0.4 is 10.2 Å². The maximum Gasteiger partial charge on any atom is 0.335 e. The number of aryl methyl sites for hydroxylation is 1. The highest BCUT2D eigenvalue weighted by molar-refractivity contribution is 7.80. The summed E-state index contributed by atoms with van der Waals surface area (Å²) in [4.78, 5) is 17.6. The molecule has 170 valence electrons.